The van der Waals surface area contributed by atoms with Crippen LogP contribution in [0.1, 0.15) is 12.8 Å². The predicted molar refractivity (Wildman–Crippen MR) is 63.6 cm³/mol. The maximum absolute atomic E-state index is 11.7. The van der Waals surface area contributed by atoms with Gasteiger partial charge < -0.3 is 10.6 Å². The third-order valence-corrected chi connectivity index (χ3v) is 3.02. The van der Waals surface area contributed by atoms with Gasteiger partial charge in [-0.2, -0.15) is 0 Å². The highest BCUT2D eigenvalue weighted by Crippen LogP contribution is 2.15. The molecule has 6 heteroatoms. The molecule has 1 saturated heterocycles. The fourth-order valence-corrected chi connectivity index (χ4v) is 2.10. The Labute approximate surface area is 98.9 Å². The van der Waals surface area contributed by atoms with E-state index in [2.05, 4.69) is 15.6 Å². The fourth-order valence-electron chi connectivity index (χ4n) is 1.57. The van der Waals surface area contributed by atoms with Crippen LogP contribution in [0.3, 0.4) is 0 Å². The Kier molecular flexibility index (Phi) is 5.01. The van der Waals surface area contributed by atoms with Crippen molar-refractivity contribution in [1.82, 2.24) is 10.3 Å². The fraction of sp³-hybridized carbons (Fsp3) is 0.556. The molecule has 0 bridgehead atoms. The zero-order chi connectivity index (χ0) is 9.80. The third kappa shape index (κ3) is 3.44. The number of piperidine rings is 1. The van der Waals surface area contributed by atoms with E-state index in [1.807, 2.05) is 5.38 Å². The van der Waals surface area contributed by atoms with Crippen LogP contribution in [0.5, 0.6) is 0 Å². The van der Waals surface area contributed by atoms with Gasteiger partial charge in [0.2, 0.25) is 5.91 Å². The number of hydrogen-bond donors (Lipinski definition) is 2. The molecule has 0 aromatic carbocycles. The second kappa shape index (κ2) is 6.05. The molecule has 1 aliphatic rings. The van der Waals surface area contributed by atoms with E-state index in [-0.39, 0.29) is 24.2 Å². The maximum Gasteiger partial charge on any atom is 0.230 e. The summed E-state index contributed by atoms with van der Waals surface area (Å²) < 4.78 is 0. The van der Waals surface area contributed by atoms with Crippen LogP contribution >= 0.6 is 23.7 Å². The molecular formula is C9H14ClN3OS. The zero-order valence-corrected chi connectivity index (χ0v) is 9.87. The second-order valence-electron chi connectivity index (χ2n) is 3.37. The van der Waals surface area contributed by atoms with Gasteiger partial charge in [-0.3, -0.25) is 4.79 Å². The average molecular weight is 248 g/mol. The lowest BCUT2D eigenvalue weighted by Crippen LogP contribution is -2.37. The average Bonchev–Trinajstić information content (AvgIpc) is 2.72. The molecule has 0 aliphatic carbocycles. The van der Waals surface area contributed by atoms with Crippen LogP contribution in [0.2, 0.25) is 0 Å². The number of nitrogens with zero attached hydrogens (tertiary/aromatic N) is 1. The number of nitrogens with one attached hydrogen (secondary N) is 2. The second-order valence-corrected chi connectivity index (χ2v) is 4.26. The third-order valence-electron chi connectivity index (χ3n) is 2.33. The Morgan fingerprint density at radius 1 is 1.67 bits per heavy atom. The molecular weight excluding hydrogens is 234 g/mol. The molecule has 0 saturated carbocycles. The van der Waals surface area contributed by atoms with Gasteiger partial charge >= 0.3 is 0 Å². The summed E-state index contributed by atoms with van der Waals surface area (Å²) in [5.74, 6) is 0.194. The molecule has 84 valence electrons. The SMILES string of the molecule is Cl.O=C(Nc1nccs1)C1CCCNC1. The molecule has 1 aromatic heterocycles. The molecule has 1 fully saturated rings. The van der Waals surface area contributed by atoms with Crippen LogP contribution in [-0.2, 0) is 4.79 Å². The van der Waals surface area contributed by atoms with Crippen molar-refractivity contribution in [3.05, 3.63) is 11.6 Å². The minimum Gasteiger partial charge on any atom is -0.316 e. The molecule has 1 aromatic rings. The molecule has 2 N–H and O–H groups in total. The van der Waals surface area contributed by atoms with Crippen molar-refractivity contribution in [3.8, 4) is 0 Å². The molecule has 0 spiro atoms. The van der Waals surface area contributed by atoms with Gasteiger partial charge in [0, 0.05) is 18.1 Å². The van der Waals surface area contributed by atoms with Crippen molar-refractivity contribution in [3.63, 3.8) is 0 Å². The normalized spacial score (nSPS) is 20.4. The highest BCUT2D eigenvalue weighted by atomic mass is 35.5. The van der Waals surface area contributed by atoms with Crippen LogP contribution in [-0.4, -0.2) is 24.0 Å². The molecule has 1 amide bonds. The molecule has 0 radical (unpaired) electrons. The van der Waals surface area contributed by atoms with Crippen molar-refractivity contribution in [2.75, 3.05) is 18.4 Å². The minimum absolute atomic E-state index is 0. The van der Waals surface area contributed by atoms with E-state index in [9.17, 15) is 4.79 Å². The van der Waals surface area contributed by atoms with E-state index < -0.39 is 0 Å². The van der Waals surface area contributed by atoms with Crippen molar-refractivity contribution < 1.29 is 4.79 Å². The molecule has 1 aliphatic heterocycles. The largest absolute Gasteiger partial charge is 0.316 e. The topological polar surface area (TPSA) is 54.0 Å². The van der Waals surface area contributed by atoms with Gasteiger partial charge in [-0.15, -0.1) is 23.7 Å². The zero-order valence-electron chi connectivity index (χ0n) is 8.23. The summed E-state index contributed by atoms with van der Waals surface area (Å²) in [7, 11) is 0. The van der Waals surface area contributed by atoms with Gasteiger partial charge in [0.15, 0.2) is 5.13 Å². The monoisotopic (exact) mass is 247 g/mol. The highest BCUT2D eigenvalue weighted by Gasteiger charge is 2.21. The lowest BCUT2D eigenvalue weighted by Gasteiger charge is -2.21. The van der Waals surface area contributed by atoms with E-state index >= 15 is 0 Å². The molecule has 2 rings (SSSR count). The number of halogens is 1. The van der Waals surface area contributed by atoms with Gasteiger partial charge in [0.1, 0.15) is 0 Å². The number of rotatable bonds is 2. The summed E-state index contributed by atoms with van der Waals surface area (Å²) in [5, 5.41) is 8.59. The van der Waals surface area contributed by atoms with Crippen molar-refractivity contribution in [2.45, 2.75) is 12.8 Å². The van der Waals surface area contributed by atoms with E-state index in [4.69, 9.17) is 0 Å². The number of carbonyl (C=O) groups is 1. The van der Waals surface area contributed by atoms with E-state index in [0.29, 0.717) is 5.13 Å². The summed E-state index contributed by atoms with van der Waals surface area (Å²) in [6, 6.07) is 0. The molecule has 4 nitrogen and oxygen atoms in total. The van der Waals surface area contributed by atoms with Gasteiger partial charge in [-0.05, 0) is 19.4 Å². The van der Waals surface area contributed by atoms with Gasteiger partial charge in [0.25, 0.3) is 0 Å². The summed E-state index contributed by atoms with van der Waals surface area (Å²) in [6.45, 7) is 1.82. The quantitative estimate of drug-likeness (QED) is 0.833. The number of hydrogen-bond acceptors (Lipinski definition) is 4. The van der Waals surface area contributed by atoms with Gasteiger partial charge in [-0.1, -0.05) is 0 Å². The molecule has 2 heterocycles. The van der Waals surface area contributed by atoms with Crippen LogP contribution in [0, 0.1) is 5.92 Å². The predicted octanol–water partition coefficient (Wildman–Crippen LogP) is 1.50. The Bertz CT molecular complexity index is 298. The van der Waals surface area contributed by atoms with Crippen LogP contribution < -0.4 is 10.6 Å². The van der Waals surface area contributed by atoms with Gasteiger partial charge in [-0.25, -0.2) is 4.98 Å². The summed E-state index contributed by atoms with van der Waals surface area (Å²) in [6.07, 6.45) is 3.75. The van der Waals surface area contributed by atoms with Crippen LogP contribution in [0.25, 0.3) is 0 Å². The Morgan fingerprint density at radius 3 is 3.13 bits per heavy atom. The molecule has 15 heavy (non-hydrogen) atoms. The first-order chi connectivity index (χ1) is 6.86. The highest BCUT2D eigenvalue weighted by molar-refractivity contribution is 7.13. The summed E-state index contributed by atoms with van der Waals surface area (Å²) in [4.78, 5) is 15.7. The maximum atomic E-state index is 11.7. The van der Waals surface area contributed by atoms with Crippen molar-refractivity contribution in [2.24, 2.45) is 5.92 Å². The number of anilines is 1. The Morgan fingerprint density at radius 2 is 2.53 bits per heavy atom. The lowest BCUT2D eigenvalue weighted by atomic mass is 9.99. The Hall–Kier alpha value is -0.650. The van der Waals surface area contributed by atoms with Crippen molar-refractivity contribution in [1.29, 1.82) is 0 Å². The smallest absolute Gasteiger partial charge is 0.230 e. The molecule has 1 atom stereocenters. The first kappa shape index (κ1) is 12.4. The summed E-state index contributed by atoms with van der Waals surface area (Å²) >= 11 is 1.45. The minimum atomic E-state index is 0. The first-order valence-corrected chi connectivity index (χ1v) is 5.65. The first-order valence-electron chi connectivity index (χ1n) is 4.77. The Balaban J connectivity index is 0.00000112. The number of aromatic nitrogens is 1. The van der Waals surface area contributed by atoms with Crippen molar-refractivity contribution >= 4 is 34.8 Å². The van der Waals surface area contributed by atoms with E-state index in [0.717, 1.165) is 25.9 Å². The molecule has 1 unspecified atom stereocenters. The van der Waals surface area contributed by atoms with E-state index in [1.54, 1.807) is 6.20 Å². The number of carbonyl (C=O) groups excluding carboxylic acids is 1. The lowest BCUT2D eigenvalue weighted by molar-refractivity contribution is -0.120. The number of amides is 1. The summed E-state index contributed by atoms with van der Waals surface area (Å²) in [5.41, 5.74) is 0. The van der Waals surface area contributed by atoms with Crippen LogP contribution in [0.4, 0.5) is 5.13 Å². The number of thiazole rings is 1. The van der Waals surface area contributed by atoms with E-state index in [1.165, 1.54) is 11.3 Å². The van der Waals surface area contributed by atoms with Gasteiger partial charge in [0.05, 0.1) is 5.92 Å². The standard InChI is InChI=1S/C9H13N3OS.ClH/c13-8(7-2-1-3-10-6-7)12-9-11-4-5-14-9;/h4-5,7,10H,1-3,6H2,(H,11,12,13);1H. The van der Waals surface area contributed by atoms with Crippen LogP contribution in [0.15, 0.2) is 11.6 Å².